The molecule has 0 aliphatic carbocycles. The highest BCUT2D eigenvalue weighted by Gasteiger charge is 1.86. The molecule has 33 valence electrons. The van der Waals surface area contributed by atoms with Gasteiger partial charge in [0.2, 0.25) is 0 Å². The number of hydrogen-bond donors (Lipinski definition) is 0. The molecule has 1 radical (unpaired) electrons. The van der Waals surface area contributed by atoms with E-state index in [1.54, 1.807) is 0 Å². The third kappa shape index (κ3) is 0.808. The van der Waals surface area contributed by atoms with Gasteiger partial charge in [0.25, 0.3) is 0 Å². The van der Waals surface area contributed by atoms with Crippen LogP contribution in [0.3, 0.4) is 0 Å². The van der Waals surface area contributed by atoms with Crippen molar-refractivity contribution in [1.29, 1.82) is 0 Å². The summed E-state index contributed by atoms with van der Waals surface area (Å²) >= 11 is 0. The molecule has 2 nitrogen and oxygen atoms in total. The van der Waals surface area contributed by atoms with Gasteiger partial charge >= 0.3 is 0 Å². The Balaban J connectivity index is 2.26. The fourth-order valence-electron chi connectivity index (χ4n) is 0.334. The molecule has 0 N–H and O–H groups in total. The van der Waals surface area contributed by atoms with E-state index in [1.807, 2.05) is 12.2 Å². The largest absolute Gasteiger partial charge is 0.278 e. The second-order valence-corrected chi connectivity index (χ2v) is 1.08. The lowest BCUT2D eigenvalue weighted by Gasteiger charge is -1.99. The van der Waals surface area contributed by atoms with Crippen LogP contribution in [0.5, 0.6) is 0 Å². The van der Waals surface area contributed by atoms with Gasteiger partial charge in [0.15, 0.2) is 0 Å². The molecule has 0 spiro atoms. The Morgan fingerprint density at radius 2 is 2.50 bits per heavy atom. The molecule has 0 atom stereocenters. The van der Waals surface area contributed by atoms with Gasteiger partial charge in [-0.3, -0.25) is 4.84 Å². The standard InChI is InChI=1S/C4H6NO/c1-2-4-6-5-3-1/h1-2H,3-4H2. The molecule has 1 heterocycles. The summed E-state index contributed by atoms with van der Waals surface area (Å²) in [6.45, 7) is 1.38. The second kappa shape index (κ2) is 1.95. The van der Waals surface area contributed by atoms with Crippen molar-refractivity contribution in [2.24, 2.45) is 0 Å². The van der Waals surface area contributed by atoms with Gasteiger partial charge in [-0.25, -0.2) is 0 Å². The van der Waals surface area contributed by atoms with Crippen molar-refractivity contribution in [3.63, 3.8) is 0 Å². The lowest BCUT2D eigenvalue weighted by Crippen LogP contribution is -2.10. The van der Waals surface area contributed by atoms with E-state index in [-0.39, 0.29) is 0 Å². The lowest BCUT2D eigenvalue weighted by molar-refractivity contribution is 0.0541. The van der Waals surface area contributed by atoms with E-state index in [1.165, 1.54) is 0 Å². The van der Waals surface area contributed by atoms with Gasteiger partial charge in [0, 0.05) is 0 Å². The van der Waals surface area contributed by atoms with Crippen molar-refractivity contribution in [3.8, 4) is 0 Å². The SMILES string of the molecule is C1=CCO[N]C1. The lowest BCUT2D eigenvalue weighted by atomic mass is 10.5. The smallest absolute Gasteiger partial charge is 0.0884 e. The maximum atomic E-state index is 4.61. The average Bonchev–Trinajstić information content (AvgIpc) is 1.72. The Hall–Kier alpha value is -0.340. The first-order valence-corrected chi connectivity index (χ1v) is 1.94. The zero-order valence-electron chi connectivity index (χ0n) is 3.42. The molecule has 0 bridgehead atoms. The van der Waals surface area contributed by atoms with Crippen LogP contribution in [0.15, 0.2) is 12.2 Å². The van der Waals surface area contributed by atoms with E-state index in [0.717, 1.165) is 6.54 Å². The quantitative estimate of drug-likeness (QED) is 0.381. The fraction of sp³-hybridized carbons (Fsp3) is 0.500. The first kappa shape index (κ1) is 3.84. The maximum absolute atomic E-state index is 4.61. The summed E-state index contributed by atoms with van der Waals surface area (Å²) in [5.74, 6) is 0. The molecule has 0 saturated heterocycles. The van der Waals surface area contributed by atoms with Gasteiger partial charge in [-0.1, -0.05) is 17.6 Å². The van der Waals surface area contributed by atoms with Crippen LogP contribution in [-0.2, 0) is 4.84 Å². The molecule has 6 heavy (non-hydrogen) atoms. The summed E-state index contributed by atoms with van der Waals surface area (Å²) in [6, 6.07) is 0. The van der Waals surface area contributed by atoms with Crippen LogP contribution in [0.2, 0.25) is 0 Å². The van der Waals surface area contributed by atoms with Crippen LogP contribution in [0.25, 0.3) is 0 Å². The van der Waals surface area contributed by atoms with E-state index in [0.29, 0.717) is 6.61 Å². The van der Waals surface area contributed by atoms with E-state index < -0.39 is 0 Å². The highest BCUT2D eigenvalue weighted by Crippen LogP contribution is 1.81. The maximum Gasteiger partial charge on any atom is 0.0884 e. The summed E-state index contributed by atoms with van der Waals surface area (Å²) in [6.07, 6.45) is 3.93. The van der Waals surface area contributed by atoms with Gasteiger partial charge in [-0.15, -0.1) is 0 Å². The minimum absolute atomic E-state index is 0.653. The molecule has 0 aromatic heterocycles. The molecule has 1 aliphatic heterocycles. The summed E-state index contributed by atoms with van der Waals surface area (Å²) in [7, 11) is 0. The van der Waals surface area contributed by atoms with Crippen LogP contribution in [-0.4, -0.2) is 13.2 Å². The van der Waals surface area contributed by atoms with Gasteiger partial charge in [0.1, 0.15) is 0 Å². The normalized spacial score (nSPS) is 21.3. The van der Waals surface area contributed by atoms with Gasteiger partial charge in [0.05, 0.1) is 13.2 Å². The predicted molar refractivity (Wildman–Crippen MR) is 22.1 cm³/mol. The number of rotatable bonds is 0. The van der Waals surface area contributed by atoms with Crippen LogP contribution < -0.4 is 5.48 Å². The Labute approximate surface area is 36.8 Å². The van der Waals surface area contributed by atoms with Crippen LogP contribution in [0.1, 0.15) is 0 Å². The highest BCUT2D eigenvalue weighted by atomic mass is 16.6. The first-order valence-electron chi connectivity index (χ1n) is 1.94. The monoisotopic (exact) mass is 84.0 g/mol. The van der Waals surface area contributed by atoms with E-state index >= 15 is 0 Å². The fourth-order valence-corrected chi connectivity index (χ4v) is 0.334. The summed E-state index contributed by atoms with van der Waals surface area (Å²) in [5.41, 5.74) is 3.59. The van der Waals surface area contributed by atoms with Gasteiger partial charge in [-0.2, -0.15) is 0 Å². The average molecular weight is 84.1 g/mol. The Bertz CT molecular complexity index is 52.6. The molecular formula is C4H6NO. The topological polar surface area (TPSA) is 23.3 Å². The Morgan fingerprint density at radius 1 is 1.50 bits per heavy atom. The molecule has 0 aromatic carbocycles. The van der Waals surface area contributed by atoms with Crippen molar-refractivity contribution in [2.45, 2.75) is 0 Å². The zero-order chi connectivity index (χ0) is 4.24. The van der Waals surface area contributed by atoms with Crippen LogP contribution in [0, 0.1) is 0 Å². The molecule has 1 aliphatic rings. The molecule has 0 aromatic rings. The Morgan fingerprint density at radius 3 is 2.67 bits per heavy atom. The van der Waals surface area contributed by atoms with E-state index in [9.17, 15) is 0 Å². The predicted octanol–water partition coefficient (Wildman–Crippen LogP) is 0.0922. The minimum atomic E-state index is 0.653. The van der Waals surface area contributed by atoms with E-state index in [2.05, 4.69) is 10.3 Å². The van der Waals surface area contributed by atoms with Gasteiger partial charge < -0.3 is 0 Å². The van der Waals surface area contributed by atoms with Crippen molar-refractivity contribution in [2.75, 3.05) is 13.2 Å². The molecular weight excluding hydrogens is 78.0 g/mol. The van der Waals surface area contributed by atoms with E-state index in [4.69, 9.17) is 0 Å². The summed E-state index contributed by atoms with van der Waals surface area (Å²) < 4.78 is 0. The Kier molecular flexibility index (Phi) is 1.25. The molecule has 0 saturated carbocycles. The molecule has 2 heteroatoms. The van der Waals surface area contributed by atoms with Gasteiger partial charge in [-0.05, 0) is 0 Å². The highest BCUT2D eigenvalue weighted by molar-refractivity contribution is 4.84. The molecule has 1 rings (SSSR count). The third-order valence-corrected chi connectivity index (χ3v) is 0.609. The number of hydroxylamine groups is 1. The summed E-state index contributed by atoms with van der Waals surface area (Å²) in [5, 5.41) is 0. The van der Waals surface area contributed by atoms with Crippen molar-refractivity contribution >= 4 is 0 Å². The van der Waals surface area contributed by atoms with Crippen LogP contribution >= 0.6 is 0 Å². The first-order chi connectivity index (χ1) is 3.00. The molecule has 0 unspecified atom stereocenters. The zero-order valence-corrected chi connectivity index (χ0v) is 3.42. The minimum Gasteiger partial charge on any atom is -0.278 e. The van der Waals surface area contributed by atoms with Crippen molar-refractivity contribution in [3.05, 3.63) is 12.2 Å². The second-order valence-electron chi connectivity index (χ2n) is 1.08. The third-order valence-electron chi connectivity index (χ3n) is 0.609. The molecule has 0 fully saturated rings. The summed E-state index contributed by atoms with van der Waals surface area (Å²) in [4.78, 5) is 4.61. The van der Waals surface area contributed by atoms with Crippen molar-refractivity contribution in [1.82, 2.24) is 5.48 Å². The number of hydrogen-bond acceptors (Lipinski definition) is 1. The molecule has 0 amide bonds. The van der Waals surface area contributed by atoms with Crippen molar-refractivity contribution < 1.29 is 4.84 Å². The van der Waals surface area contributed by atoms with Crippen LogP contribution in [0.4, 0.5) is 0 Å². The number of nitrogens with zero attached hydrogens (tertiary/aromatic N) is 1.